The molecular weight excluding hydrogens is 402 g/mol. The van der Waals surface area contributed by atoms with Gasteiger partial charge < -0.3 is 19.0 Å². The predicted octanol–water partition coefficient (Wildman–Crippen LogP) is 3.50. The first-order valence-corrected chi connectivity index (χ1v) is 10.5. The molecule has 164 valence electrons. The van der Waals surface area contributed by atoms with Crippen LogP contribution in [-0.2, 0) is 13.1 Å². The number of amides is 1. The molecule has 0 radical (unpaired) electrons. The molecule has 0 saturated carbocycles. The lowest BCUT2D eigenvalue weighted by Crippen LogP contribution is -2.28. The number of aromatic amines is 1. The van der Waals surface area contributed by atoms with Gasteiger partial charge in [0.2, 0.25) is 5.62 Å². The van der Waals surface area contributed by atoms with Gasteiger partial charge >= 0.3 is 0 Å². The van der Waals surface area contributed by atoms with E-state index in [1.165, 1.54) is 4.90 Å². The van der Waals surface area contributed by atoms with E-state index in [1.54, 1.807) is 32.5 Å². The van der Waals surface area contributed by atoms with Crippen molar-refractivity contribution in [1.29, 1.82) is 5.41 Å². The first-order valence-electron chi connectivity index (χ1n) is 10.5. The molecule has 4 aromatic rings. The van der Waals surface area contributed by atoms with Crippen molar-refractivity contribution in [2.24, 2.45) is 0 Å². The number of nitrogens with zero attached hydrogens (tertiary/aromatic N) is 3. The van der Waals surface area contributed by atoms with Crippen molar-refractivity contribution in [3.05, 3.63) is 88.3 Å². The van der Waals surface area contributed by atoms with Gasteiger partial charge in [0.05, 0.1) is 24.1 Å². The third-order valence-electron chi connectivity index (χ3n) is 5.80. The Kier molecular flexibility index (Phi) is 5.57. The van der Waals surface area contributed by atoms with Crippen LogP contribution in [0, 0.1) is 19.3 Å². The average Bonchev–Trinajstić information content (AvgIpc) is 3.22. The van der Waals surface area contributed by atoms with Gasteiger partial charge in [-0.3, -0.25) is 15.0 Å². The van der Waals surface area contributed by atoms with Gasteiger partial charge in [0.1, 0.15) is 5.69 Å². The van der Waals surface area contributed by atoms with E-state index in [1.807, 2.05) is 59.2 Å². The van der Waals surface area contributed by atoms with Crippen molar-refractivity contribution in [2.45, 2.75) is 26.9 Å². The molecule has 7 nitrogen and oxygen atoms in total. The predicted molar refractivity (Wildman–Crippen MR) is 124 cm³/mol. The van der Waals surface area contributed by atoms with E-state index in [9.17, 15) is 9.59 Å². The van der Waals surface area contributed by atoms with Gasteiger partial charge in [0.25, 0.3) is 5.91 Å². The largest absolute Gasteiger partial charge is 0.354 e. The van der Waals surface area contributed by atoms with E-state index in [0.29, 0.717) is 29.1 Å². The fourth-order valence-corrected chi connectivity index (χ4v) is 4.21. The van der Waals surface area contributed by atoms with Crippen LogP contribution in [0.4, 0.5) is 0 Å². The maximum Gasteiger partial charge on any atom is 0.270 e. The standard InChI is InChI=1S/C25H27N5O2/c1-16-22(17(2)27-23(16)24(32)28(3)4)21(31)15-30-20-13-9-8-12-19(20)29(25(30)26)14-18-10-6-5-7-11-18/h5-13,26-27H,14-15H2,1-4H3. The van der Waals surface area contributed by atoms with Gasteiger partial charge in [-0.1, -0.05) is 42.5 Å². The Morgan fingerprint density at radius 2 is 1.53 bits per heavy atom. The van der Waals surface area contributed by atoms with Crippen LogP contribution in [0.1, 0.15) is 37.7 Å². The van der Waals surface area contributed by atoms with Gasteiger partial charge in [0, 0.05) is 25.4 Å². The summed E-state index contributed by atoms with van der Waals surface area (Å²) < 4.78 is 3.65. The lowest BCUT2D eigenvalue weighted by Gasteiger charge is -2.09. The summed E-state index contributed by atoms with van der Waals surface area (Å²) in [5.41, 5.74) is 5.34. The maximum absolute atomic E-state index is 13.4. The number of imidazole rings is 1. The molecule has 7 heteroatoms. The number of Topliss-reactive ketones (excluding diaryl/α,β-unsaturated/α-hetero) is 1. The Labute approximate surface area is 186 Å². The summed E-state index contributed by atoms with van der Waals surface area (Å²) in [5.74, 6) is -0.298. The molecule has 0 saturated heterocycles. The lowest BCUT2D eigenvalue weighted by atomic mass is 10.1. The molecule has 2 aromatic carbocycles. The van der Waals surface area contributed by atoms with E-state index in [-0.39, 0.29) is 23.9 Å². The van der Waals surface area contributed by atoms with E-state index in [2.05, 4.69) is 4.98 Å². The molecule has 32 heavy (non-hydrogen) atoms. The number of hydrogen-bond acceptors (Lipinski definition) is 3. The van der Waals surface area contributed by atoms with Crippen LogP contribution in [0.15, 0.2) is 54.6 Å². The van der Waals surface area contributed by atoms with E-state index < -0.39 is 0 Å². The zero-order chi connectivity index (χ0) is 23.0. The normalized spacial score (nSPS) is 11.1. The molecule has 0 aliphatic carbocycles. The number of carbonyl (C=O) groups is 2. The topological polar surface area (TPSA) is 86.9 Å². The third-order valence-corrected chi connectivity index (χ3v) is 5.80. The summed E-state index contributed by atoms with van der Waals surface area (Å²) >= 11 is 0. The molecule has 2 N–H and O–H groups in total. The minimum Gasteiger partial charge on any atom is -0.354 e. The molecule has 0 unspecified atom stereocenters. The number of benzene rings is 2. The smallest absolute Gasteiger partial charge is 0.270 e. The quantitative estimate of drug-likeness (QED) is 0.460. The highest BCUT2D eigenvalue weighted by Crippen LogP contribution is 2.21. The minimum atomic E-state index is -0.169. The molecule has 4 rings (SSSR count). The molecule has 0 spiro atoms. The van der Waals surface area contributed by atoms with Crippen molar-refractivity contribution < 1.29 is 9.59 Å². The zero-order valence-corrected chi connectivity index (χ0v) is 18.8. The molecule has 0 atom stereocenters. The number of rotatable bonds is 6. The van der Waals surface area contributed by atoms with Crippen LogP contribution in [0.5, 0.6) is 0 Å². The number of ketones is 1. The SMILES string of the molecule is Cc1[nH]c(C(=O)N(C)C)c(C)c1C(=O)Cn1c(=N)n(Cc2ccccc2)c2ccccc21. The van der Waals surface area contributed by atoms with E-state index in [4.69, 9.17) is 5.41 Å². The maximum atomic E-state index is 13.4. The van der Waals surface area contributed by atoms with Crippen LogP contribution < -0.4 is 5.62 Å². The average molecular weight is 430 g/mol. The van der Waals surface area contributed by atoms with Crippen molar-refractivity contribution >= 4 is 22.7 Å². The fraction of sp³-hybridized carbons (Fsp3) is 0.240. The van der Waals surface area contributed by atoms with E-state index >= 15 is 0 Å². The summed E-state index contributed by atoms with van der Waals surface area (Å²) in [4.78, 5) is 30.4. The highest BCUT2D eigenvalue weighted by molar-refractivity contribution is 6.03. The van der Waals surface area contributed by atoms with Crippen molar-refractivity contribution in [2.75, 3.05) is 14.1 Å². The van der Waals surface area contributed by atoms with Crippen LogP contribution in [0.25, 0.3) is 11.0 Å². The third kappa shape index (κ3) is 3.66. The number of nitrogens with one attached hydrogen (secondary N) is 2. The van der Waals surface area contributed by atoms with Crippen LogP contribution in [0.3, 0.4) is 0 Å². The Bertz CT molecular complexity index is 1370. The second-order valence-electron chi connectivity index (χ2n) is 8.22. The minimum absolute atomic E-state index is 0.0241. The van der Waals surface area contributed by atoms with Crippen molar-refractivity contribution in [3.8, 4) is 0 Å². The lowest BCUT2D eigenvalue weighted by molar-refractivity contribution is 0.0821. The number of aromatic nitrogens is 3. The summed E-state index contributed by atoms with van der Waals surface area (Å²) in [7, 11) is 3.37. The molecule has 2 heterocycles. The van der Waals surface area contributed by atoms with Crippen molar-refractivity contribution in [3.63, 3.8) is 0 Å². The van der Waals surface area contributed by atoms with Gasteiger partial charge in [-0.25, -0.2) is 0 Å². The fourth-order valence-electron chi connectivity index (χ4n) is 4.21. The molecule has 0 fully saturated rings. The first-order chi connectivity index (χ1) is 15.3. The second-order valence-corrected chi connectivity index (χ2v) is 8.22. The molecule has 1 amide bonds. The summed E-state index contributed by atoms with van der Waals surface area (Å²) in [6, 6.07) is 17.7. The zero-order valence-electron chi connectivity index (χ0n) is 18.8. The summed E-state index contributed by atoms with van der Waals surface area (Å²) in [6.45, 7) is 4.16. The Morgan fingerprint density at radius 1 is 0.938 bits per heavy atom. The number of carbonyl (C=O) groups excluding carboxylic acids is 2. The Hall–Kier alpha value is -3.87. The number of hydrogen-bond donors (Lipinski definition) is 2. The first kappa shape index (κ1) is 21.4. The highest BCUT2D eigenvalue weighted by atomic mass is 16.2. The van der Waals surface area contributed by atoms with Crippen molar-refractivity contribution in [1.82, 2.24) is 19.0 Å². The molecule has 0 aliphatic heterocycles. The number of para-hydroxylation sites is 2. The van der Waals surface area contributed by atoms with E-state index in [0.717, 1.165) is 16.6 Å². The number of aryl methyl sites for hydroxylation is 1. The monoisotopic (exact) mass is 429 g/mol. The van der Waals surface area contributed by atoms with Crippen LogP contribution in [0.2, 0.25) is 0 Å². The van der Waals surface area contributed by atoms with Gasteiger partial charge in [-0.15, -0.1) is 0 Å². The molecule has 0 bridgehead atoms. The molecule has 2 aromatic heterocycles. The van der Waals surface area contributed by atoms with Crippen LogP contribution in [-0.4, -0.2) is 44.8 Å². The molecule has 0 aliphatic rings. The highest BCUT2D eigenvalue weighted by Gasteiger charge is 2.24. The summed E-state index contributed by atoms with van der Waals surface area (Å²) in [5, 5.41) is 8.82. The Morgan fingerprint density at radius 3 is 2.16 bits per heavy atom. The Balaban J connectivity index is 1.75. The van der Waals surface area contributed by atoms with Crippen LogP contribution >= 0.6 is 0 Å². The van der Waals surface area contributed by atoms with Gasteiger partial charge in [-0.2, -0.15) is 0 Å². The summed E-state index contributed by atoms with van der Waals surface area (Å²) in [6.07, 6.45) is 0. The second kappa shape index (κ2) is 8.34. The number of fused-ring (bicyclic) bond motifs is 1. The van der Waals surface area contributed by atoms with Gasteiger partial charge in [-0.05, 0) is 37.1 Å². The number of H-pyrrole nitrogens is 1. The van der Waals surface area contributed by atoms with Gasteiger partial charge in [0.15, 0.2) is 5.78 Å². The molecular formula is C25H27N5O2.